The van der Waals surface area contributed by atoms with Crippen molar-refractivity contribution in [2.75, 3.05) is 39.4 Å². The standard InChI is InChI=1S/C43H38F2N2O10/c44-35-15-11-32(12-16-35)31-9-7-30(8-10-31)29-52-28-26-47-25-24-46(23-4-27-53-41(33-5-2-1-3-6-33)34-13-17-36(45)18-14-34)42(54-37(48)19-20-38(49)55-42)43(47)56-39(50)21-22-40(51)57-43/h1-3,5-22,41H,4,23-29H2. The molecule has 3 aliphatic rings. The van der Waals surface area contributed by atoms with E-state index in [-0.39, 0.29) is 64.1 Å². The second-order valence-corrected chi connectivity index (χ2v) is 13.3. The highest BCUT2D eigenvalue weighted by Crippen LogP contribution is 2.44. The molecule has 0 aliphatic carbocycles. The van der Waals surface area contributed by atoms with E-state index in [0.29, 0.717) is 0 Å². The molecule has 7 rings (SSSR count). The summed E-state index contributed by atoms with van der Waals surface area (Å²) in [6.45, 7) is 0.469. The summed E-state index contributed by atoms with van der Waals surface area (Å²) >= 11 is 0. The van der Waals surface area contributed by atoms with Crippen LogP contribution in [0.2, 0.25) is 0 Å². The van der Waals surface area contributed by atoms with Crippen molar-refractivity contribution in [1.29, 1.82) is 0 Å². The first-order valence-electron chi connectivity index (χ1n) is 18.3. The summed E-state index contributed by atoms with van der Waals surface area (Å²) in [4.78, 5) is 55.5. The van der Waals surface area contributed by atoms with Gasteiger partial charge in [0.25, 0.3) is 0 Å². The van der Waals surface area contributed by atoms with Crippen LogP contribution in [0, 0.1) is 11.6 Å². The number of carbonyl (C=O) groups excluding carboxylic acids is 4. The molecule has 12 nitrogen and oxygen atoms in total. The molecule has 0 radical (unpaired) electrons. The van der Waals surface area contributed by atoms with Gasteiger partial charge in [-0.05, 0) is 58.5 Å². The van der Waals surface area contributed by atoms with Gasteiger partial charge in [0.15, 0.2) is 0 Å². The minimum atomic E-state index is -2.61. The zero-order valence-corrected chi connectivity index (χ0v) is 30.6. The second kappa shape index (κ2) is 17.4. The molecule has 0 saturated carbocycles. The Kier molecular flexibility index (Phi) is 12.0. The van der Waals surface area contributed by atoms with Crippen LogP contribution in [0.1, 0.15) is 29.2 Å². The van der Waals surface area contributed by atoms with Gasteiger partial charge in [-0.15, -0.1) is 0 Å². The number of piperazine rings is 1. The van der Waals surface area contributed by atoms with Gasteiger partial charge in [-0.25, -0.2) is 37.8 Å². The van der Waals surface area contributed by atoms with Crippen molar-refractivity contribution in [2.24, 2.45) is 0 Å². The van der Waals surface area contributed by atoms with E-state index in [1.54, 1.807) is 24.3 Å². The average molecular weight is 781 g/mol. The molecule has 57 heavy (non-hydrogen) atoms. The molecule has 14 heteroatoms. The van der Waals surface area contributed by atoms with Crippen LogP contribution in [0.5, 0.6) is 0 Å². The molecule has 3 heterocycles. The maximum atomic E-state index is 13.8. The summed E-state index contributed by atoms with van der Waals surface area (Å²) < 4.78 is 62.9. The molecule has 294 valence electrons. The van der Waals surface area contributed by atoms with Gasteiger partial charge in [0.05, 0.1) is 13.2 Å². The van der Waals surface area contributed by atoms with E-state index >= 15 is 0 Å². The molecule has 0 aromatic heterocycles. The molecule has 3 aliphatic heterocycles. The van der Waals surface area contributed by atoms with Crippen LogP contribution in [0.25, 0.3) is 11.1 Å². The number of ether oxygens (including phenoxy) is 6. The van der Waals surface area contributed by atoms with Crippen LogP contribution in [0.4, 0.5) is 8.78 Å². The Bertz CT molecular complexity index is 2090. The number of benzene rings is 4. The summed E-state index contributed by atoms with van der Waals surface area (Å²) in [5, 5.41) is 0. The fraction of sp³-hybridized carbons (Fsp3) is 0.256. The molecule has 0 N–H and O–H groups in total. The van der Waals surface area contributed by atoms with Crippen molar-refractivity contribution in [3.63, 3.8) is 0 Å². The Morgan fingerprint density at radius 3 is 1.54 bits per heavy atom. The van der Waals surface area contributed by atoms with Crippen molar-refractivity contribution in [1.82, 2.24) is 9.80 Å². The van der Waals surface area contributed by atoms with Gasteiger partial charge in [-0.1, -0.05) is 78.9 Å². The second-order valence-electron chi connectivity index (χ2n) is 13.3. The van der Waals surface area contributed by atoms with Crippen molar-refractivity contribution in [2.45, 2.75) is 31.0 Å². The number of halogens is 2. The Balaban J connectivity index is 1.10. The molecule has 0 amide bonds. The van der Waals surface area contributed by atoms with Gasteiger partial charge in [-0.2, -0.15) is 0 Å². The third-order valence-electron chi connectivity index (χ3n) is 9.58. The van der Waals surface area contributed by atoms with Crippen molar-refractivity contribution in [3.8, 4) is 11.1 Å². The van der Waals surface area contributed by atoms with Gasteiger partial charge in [0.1, 0.15) is 17.7 Å². The normalized spacial score (nSPS) is 18.4. The molecule has 1 fully saturated rings. The van der Waals surface area contributed by atoms with Crippen LogP contribution in [-0.2, 0) is 54.2 Å². The smallest absolute Gasteiger partial charge is 0.397 e. The van der Waals surface area contributed by atoms with E-state index in [4.69, 9.17) is 28.4 Å². The Labute approximate surface area is 326 Å². The average Bonchev–Trinajstić information content (AvgIpc) is 3.47. The van der Waals surface area contributed by atoms with Gasteiger partial charge in [-0.3, -0.25) is 0 Å². The maximum absolute atomic E-state index is 13.8. The highest BCUT2D eigenvalue weighted by atomic mass is 19.1. The Morgan fingerprint density at radius 2 is 1.02 bits per heavy atom. The SMILES string of the molecule is O=C1C=CC(=O)OC2(O1)N(CCCOC(c1ccccc1)c1ccc(F)cc1)CCN(CCOCc1ccc(-c3ccc(F)cc3)cc1)C21OC(=O)C=CC(=O)O1. The van der Waals surface area contributed by atoms with E-state index in [9.17, 15) is 28.0 Å². The van der Waals surface area contributed by atoms with E-state index in [2.05, 4.69) is 0 Å². The van der Waals surface area contributed by atoms with Crippen LogP contribution in [0.3, 0.4) is 0 Å². The zero-order chi connectivity index (χ0) is 39.8. The number of hydrogen-bond acceptors (Lipinski definition) is 12. The van der Waals surface area contributed by atoms with Crippen LogP contribution < -0.4 is 0 Å². The quantitative estimate of drug-likeness (QED) is 0.124. The summed E-state index contributed by atoms with van der Waals surface area (Å²) in [6.07, 6.45) is 3.15. The van der Waals surface area contributed by atoms with Gasteiger partial charge < -0.3 is 28.4 Å². The molecule has 1 unspecified atom stereocenters. The van der Waals surface area contributed by atoms with Crippen molar-refractivity contribution in [3.05, 3.63) is 156 Å². The number of fused-ring (bicyclic) bond motifs is 1. The molecule has 1 saturated heterocycles. The number of carbonyl (C=O) groups is 4. The van der Waals surface area contributed by atoms with Gasteiger partial charge >= 0.3 is 35.7 Å². The minimum absolute atomic E-state index is 0.0122. The zero-order valence-electron chi connectivity index (χ0n) is 30.6. The van der Waals surface area contributed by atoms with Crippen LogP contribution >= 0.6 is 0 Å². The molecule has 0 bridgehead atoms. The lowest BCUT2D eigenvalue weighted by atomic mass is 10.0. The summed E-state index contributed by atoms with van der Waals surface area (Å²) in [6, 6.07) is 29.0. The lowest BCUT2D eigenvalue weighted by molar-refractivity contribution is -0.463. The summed E-state index contributed by atoms with van der Waals surface area (Å²) in [7, 11) is 0. The first-order valence-corrected chi connectivity index (χ1v) is 18.3. The van der Waals surface area contributed by atoms with Gasteiger partial charge in [0.2, 0.25) is 0 Å². The molecule has 1 atom stereocenters. The fourth-order valence-corrected chi connectivity index (χ4v) is 6.87. The Morgan fingerprint density at radius 1 is 0.561 bits per heavy atom. The largest absolute Gasteiger partial charge is 0.420 e. The molecule has 4 aromatic carbocycles. The van der Waals surface area contributed by atoms with Gasteiger partial charge in [0, 0.05) is 57.1 Å². The van der Waals surface area contributed by atoms with Crippen LogP contribution in [-0.4, -0.2) is 84.9 Å². The van der Waals surface area contributed by atoms with E-state index in [1.165, 1.54) is 34.1 Å². The van der Waals surface area contributed by atoms with E-state index in [1.807, 2.05) is 54.6 Å². The van der Waals surface area contributed by atoms with E-state index in [0.717, 1.165) is 52.1 Å². The number of nitrogens with zero attached hydrogens (tertiary/aromatic N) is 2. The van der Waals surface area contributed by atoms with Crippen molar-refractivity contribution >= 4 is 23.9 Å². The minimum Gasteiger partial charge on any atom is -0.397 e. The number of rotatable bonds is 13. The number of esters is 4. The number of hydrogen-bond donors (Lipinski definition) is 0. The first-order chi connectivity index (χ1) is 27.6. The predicted molar refractivity (Wildman–Crippen MR) is 198 cm³/mol. The fourth-order valence-electron chi connectivity index (χ4n) is 6.87. The monoisotopic (exact) mass is 780 g/mol. The predicted octanol–water partition coefficient (Wildman–Crippen LogP) is 5.58. The maximum Gasteiger partial charge on any atom is 0.420 e. The summed E-state index contributed by atoms with van der Waals surface area (Å²) in [5.74, 6) is -10.0. The van der Waals surface area contributed by atoms with E-state index < -0.39 is 41.8 Å². The first kappa shape index (κ1) is 39.2. The highest BCUT2D eigenvalue weighted by molar-refractivity contribution is 5.95. The van der Waals surface area contributed by atoms with Crippen LogP contribution in [0.15, 0.2) is 127 Å². The molecular formula is C43H38F2N2O10. The molecule has 4 aromatic rings. The molecular weight excluding hydrogens is 742 g/mol. The Hall–Kier alpha value is -6.06. The lowest BCUT2D eigenvalue weighted by Gasteiger charge is -2.55. The third-order valence-corrected chi connectivity index (χ3v) is 9.58. The highest BCUT2D eigenvalue weighted by Gasteiger charge is 2.74. The lowest BCUT2D eigenvalue weighted by Crippen LogP contribution is -2.80. The topological polar surface area (TPSA) is 130 Å². The third kappa shape index (κ3) is 8.84. The summed E-state index contributed by atoms with van der Waals surface area (Å²) in [5.41, 5.74) is 4.14. The van der Waals surface area contributed by atoms with Crippen molar-refractivity contribution < 1.29 is 56.4 Å². The molecule has 2 spiro atoms.